The van der Waals surface area contributed by atoms with Crippen LogP contribution in [0.2, 0.25) is 0 Å². The number of aromatic hydroxyl groups is 2. The van der Waals surface area contributed by atoms with Gasteiger partial charge in [0, 0.05) is 21.7 Å². The molecule has 0 atom stereocenters. The fraction of sp³-hybridized carbons (Fsp3) is 0. The van der Waals surface area contributed by atoms with Crippen molar-refractivity contribution < 1.29 is 29.6 Å². The van der Waals surface area contributed by atoms with Gasteiger partial charge in [0.25, 0.3) is 0 Å². The van der Waals surface area contributed by atoms with Gasteiger partial charge >= 0.3 is 5.97 Å². The second-order valence-electron chi connectivity index (χ2n) is 6.66. The third-order valence-electron chi connectivity index (χ3n) is 4.46. The molecule has 6 nitrogen and oxygen atoms in total. The Kier molecular flexibility index (Phi) is 5.43. The van der Waals surface area contributed by atoms with E-state index >= 15 is 0 Å². The number of hydrogen-bond acceptors (Lipinski definition) is 6. The van der Waals surface area contributed by atoms with E-state index in [9.17, 15) is 19.8 Å². The Morgan fingerprint density at radius 2 is 1.65 bits per heavy atom. The molecule has 4 rings (SSSR count). The van der Waals surface area contributed by atoms with E-state index in [1.807, 2.05) is 0 Å². The third-order valence-corrected chi connectivity index (χ3v) is 5.59. The second kappa shape index (κ2) is 8.33. The number of carboxylic acid groups (broad SMARTS) is 1. The van der Waals surface area contributed by atoms with Crippen LogP contribution in [-0.2, 0) is 4.79 Å². The Labute approximate surface area is 180 Å². The Hall–Kier alpha value is -4.10. The third kappa shape index (κ3) is 4.41. The molecular formula is C24H16O6S. The molecule has 0 saturated carbocycles. The van der Waals surface area contributed by atoms with Crippen molar-refractivity contribution in [3.05, 3.63) is 88.8 Å². The van der Waals surface area contributed by atoms with Crippen molar-refractivity contribution in [1.82, 2.24) is 0 Å². The van der Waals surface area contributed by atoms with Crippen LogP contribution in [0, 0.1) is 0 Å². The summed E-state index contributed by atoms with van der Waals surface area (Å²) < 4.78 is 6.74. The molecule has 4 aromatic rings. The molecule has 1 heterocycles. The number of hydrogen-bond donors (Lipinski definition) is 3. The Balaban J connectivity index is 1.75. The first-order valence-corrected chi connectivity index (χ1v) is 10.0. The van der Waals surface area contributed by atoms with Gasteiger partial charge in [0.1, 0.15) is 22.1 Å². The minimum absolute atomic E-state index is 0.0166. The Morgan fingerprint density at radius 1 is 0.903 bits per heavy atom. The number of carboxylic acids is 1. The first-order chi connectivity index (χ1) is 14.9. The molecule has 3 aromatic carbocycles. The highest BCUT2D eigenvalue weighted by molar-refractivity contribution is 7.21. The molecule has 0 bridgehead atoms. The van der Waals surface area contributed by atoms with Gasteiger partial charge in [-0.3, -0.25) is 4.79 Å². The number of ketones is 1. The maximum atomic E-state index is 13.2. The molecule has 0 radical (unpaired) electrons. The first kappa shape index (κ1) is 20.2. The van der Waals surface area contributed by atoms with Gasteiger partial charge in [0.05, 0.1) is 0 Å². The molecule has 1 aromatic heterocycles. The number of thiophene rings is 1. The Morgan fingerprint density at radius 3 is 2.35 bits per heavy atom. The zero-order valence-corrected chi connectivity index (χ0v) is 16.8. The molecule has 0 aliphatic carbocycles. The monoisotopic (exact) mass is 432 g/mol. The van der Waals surface area contributed by atoms with E-state index in [1.54, 1.807) is 48.5 Å². The molecular weight excluding hydrogens is 416 g/mol. The number of rotatable bonds is 6. The molecule has 0 aliphatic rings. The van der Waals surface area contributed by atoms with Crippen LogP contribution in [0.5, 0.6) is 23.0 Å². The topological polar surface area (TPSA) is 104 Å². The van der Waals surface area contributed by atoms with Gasteiger partial charge in [-0.15, -0.1) is 11.3 Å². The van der Waals surface area contributed by atoms with Gasteiger partial charge in [-0.05, 0) is 54.1 Å². The summed E-state index contributed by atoms with van der Waals surface area (Å²) in [5.41, 5.74) is 1.00. The zero-order chi connectivity index (χ0) is 22.0. The van der Waals surface area contributed by atoms with E-state index in [0.717, 1.165) is 6.08 Å². The molecule has 31 heavy (non-hydrogen) atoms. The minimum Gasteiger partial charge on any atom is -0.508 e. The lowest BCUT2D eigenvalue weighted by Crippen LogP contribution is -2.00. The van der Waals surface area contributed by atoms with E-state index in [4.69, 9.17) is 9.84 Å². The SMILES string of the molecule is O=C(O)/C=C/c1ccc(Oc2c(C(=O)c3cccc(O)c3)sc3cc(O)ccc23)cc1. The molecule has 0 fully saturated rings. The zero-order valence-electron chi connectivity index (χ0n) is 16.0. The first-order valence-electron chi connectivity index (χ1n) is 9.19. The molecule has 154 valence electrons. The van der Waals surface area contributed by atoms with E-state index < -0.39 is 5.97 Å². The summed E-state index contributed by atoms with van der Waals surface area (Å²) in [5.74, 6) is -0.480. The van der Waals surface area contributed by atoms with Crippen molar-refractivity contribution in [2.24, 2.45) is 0 Å². The number of phenolic OH excluding ortho intramolecular Hbond substituents is 2. The van der Waals surface area contributed by atoms with Crippen LogP contribution >= 0.6 is 11.3 Å². The number of benzene rings is 3. The van der Waals surface area contributed by atoms with Gasteiger partial charge in [0.15, 0.2) is 5.75 Å². The summed E-state index contributed by atoms with van der Waals surface area (Å²) >= 11 is 1.19. The number of ether oxygens (including phenoxy) is 1. The summed E-state index contributed by atoms with van der Waals surface area (Å²) in [7, 11) is 0. The van der Waals surface area contributed by atoms with Crippen LogP contribution < -0.4 is 4.74 Å². The lowest BCUT2D eigenvalue weighted by atomic mass is 10.1. The molecule has 7 heteroatoms. The van der Waals surface area contributed by atoms with Crippen molar-refractivity contribution >= 4 is 39.3 Å². The van der Waals surface area contributed by atoms with Crippen molar-refractivity contribution in [3.63, 3.8) is 0 Å². The van der Waals surface area contributed by atoms with Gasteiger partial charge < -0.3 is 20.1 Å². The van der Waals surface area contributed by atoms with Crippen LogP contribution in [0.1, 0.15) is 20.8 Å². The largest absolute Gasteiger partial charge is 0.508 e. The van der Waals surface area contributed by atoms with E-state index in [-0.39, 0.29) is 17.3 Å². The average molecular weight is 432 g/mol. The van der Waals surface area contributed by atoms with Crippen molar-refractivity contribution in [2.75, 3.05) is 0 Å². The molecule has 0 aliphatic heterocycles. The summed E-state index contributed by atoms with van der Waals surface area (Å²) in [6.07, 6.45) is 2.51. The highest BCUT2D eigenvalue weighted by Crippen LogP contribution is 2.42. The molecule has 0 amide bonds. The van der Waals surface area contributed by atoms with Crippen LogP contribution in [-0.4, -0.2) is 27.1 Å². The van der Waals surface area contributed by atoms with E-state index in [1.165, 1.54) is 35.6 Å². The summed E-state index contributed by atoms with van der Waals surface area (Å²) in [6.45, 7) is 0. The average Bonchev–Trinajstić information content (AvgIpc) is 3.10. The molecule has 3 N–H and O–H groups in total. The van der Waals surface area contributed by atoms with Crippen LogP contribution in [0.4, 0.5) is 0 Å². The van der Waals surface area contributed by atoms with Crippen LogP contribution in [0.3, 0.4) is 0 Å². The predicted octanol–water partition coefficient (Wildman–Crippen LogP) is 5.43. The maximum Gasteiger partial charge on any atom is 0.328 e. The standard InChI is InChI=1S/C24H16O6S/c25-16-3-1-2-15(12-16)22(29)24-23(19-10-7-17(26)13-20(19)31-24)30-18-8-4-14(5-9-18)6-11-21(27)28/h1-13,25-26H,(H,27,28)/b11-6+. The molecule has 0 spiro atoms. The molecule has 0 unspecified atom stereocenters. The van der Waals surface area contributed by atoms with Crippen molar-refractivity contribution in [3.8, 4) is 23.0 Å². The number of phenols is 2. The number of carbonyl (C=O) groups is 2. The smallest absolute Gasteiger partial charge is 0.328 e. The predicted molar refractivity (Wildman–Crippen MR) is 118 cm³/mol. The molecule has 0 saturated heterocycles. The Bertz CT molecular complexity index is 1320. The minimum atomic E-state index is -1.04. The highest BCUT2D eigenvalue weighted by Gasteiger charge is 2.22. The van der Waals surface area contributed by atoms with E-state index in [2.05, 4.69) is 0 Å². The van der Waals surface area contributed by atoms with Crippen molar-refractivity contribution in [2.45, 2.75) is 0 Å². The number of carbonyl (C=O) groups excluding carboxylic acids is 1. The fourth-order valence-corrected chi connectivity index (χ4v) is 4.15. The second-order valence-corrected chi connectivity index (χ2v) is 7.72. The maximum absolute atomic E-state index is 13.2. The highest BCUT2D eigenvalue weighted by atomic mass is 32.1. The summed E-state index contributed by atoms with van der Waals surface area (Å²) in [5, 5.41) is 29.0. The van der Waals surface area contributed by atoms with E-state index in [0.29, 0.717) is 37.6 Å². The summed E-state index contributed by atoms with van der Waals surface area (Å²) in [4.78, 5) is 24.2. The van der Waals surface area contributed by atoms with Crippen LogP contribution in [0.15, 0.2) is 72.8 Å². The van der Waals surface area contributed by atoms with Gasteiger partial charge in [-0.2, -0.15) is 0 Å². The normalized spacial score (nSPS) is 11.1. The lowest BCUT2D eigenvalue weighted by Gasteiger charge is -2.08. The summed E-state index contributed by atoms with van der Waals surface area (Å²) in [6, 6.07) is 17.6. The van der Waals surface area contributed by atoms with Gasteiger partial charge in [-0.25, -0.2) is 4.79 Å². The fourth-order valence-electron chi connectivity index (χ4n) is 3.02. The van der Waals surface area contributed by atoms with Gasteiger partial charge in [-0.1, -0.05) is 24.3 Å². The lowest BCUT2D eigenvalue weighted by molar-refractivity contribution is -0.131. The number of fused-ring (bicyclic) bond motifs is 1. The van der Waals surface area contributed by atoms with Crippen LogP contribution in [0.25, 0.3) is 16.2 Å². The van der Waals surface area contributed by atoms with Crippen molar-refractivity contribution in [1.29, 1.82) is 0 Å². The van der Waals surface area contributed by atoms with Gasteiger partial charge in [0.2, 0.25) is 5.78 Å². The quantitative estimate of drug-likeness (QED) is 0.277. The number of aliphatic carboxylic acids is 1.